The number of aromatic amines is 1. The van der Waals surface area contributed by atoms with Crippen molar-refractivity contribution in [3.63, 3.8) is 0 Å². The number of aromatic nitrogens is 3. The molecule has 1 aliphatic carbocycles. The Hall–Kier alpha value is -2.93. The Bertz CT molecular complexity index is 1120. The first-order valence-electron chi connectivity index (χ1n) is 10.9. The van der Waals surface area contributed by atoms with E-state index in [0.29, 0.717) is 19.6 Å². The van der Waals surface area contributed by atoms with E-state index in [1.807, 2.05) is 35.4 Å². The van der Waals surface area contributed by atoms with E-state index in [0.717, 1.165) is 73.0 Å². The lowest BCUT2D eigenvalue weighted by Crippen LogP contribution is -2.49. The largest absolute Gasteiger partial charge is 0.361 e. The van der Waals surface area contributed by atoms with Crippen LogP contribution in [0.5, 0.6) is 0 Å². The van der Waals surface area contributed by atoms with Gasteiger partial charge in [0.15, 0.2) is 0 Å². The summed E-state index contributed by atoms with van der Waals surface area (Å²) in [4.78, 5) is 32.8. The van der Waals surface area contributed by atoms with E-state index in [9.17, 15) is 9.59 Å². The van der Waals surface area contributed by atoms with Crippen molar-refractivity contribution in [2.75, 3.05) is 32.7 Å². The summed E-state index contributed by atoms with van der Waals surface area (Å²) in [5, 5.41) is 5.59. The molecule has 0 radical (unpaired) electrons. The fourth-order valence-electron chi connectivity index (χ4n) is 4.61. The molecule has 1 N–H and O–H groups in total. The number of H-pyrrole nitrogens is 1. The summed E-state index contributed by atoms with van der Waals surface area (Å²) >= 11 is 0. The Kier molecular flexibility index (Phi) is 5.12. The fourth-order valence-corrected chi connectivity index (χ4v) is 4.61. The number of nitrogens with one attached hydrogen (secondary N) is 1. The van der Waals surface area contributed by atoms with Crippen LogP contribution in [0.2, 0.25) is 0 Å². The molecule has 30 heavy (non-hydrogen) atoms. The molecule has 1 saturated heterocycles. The second kappa shape index (κ2) is 8.07. The number of benzene rings is 1. The quantitative estimate of drug-likeness (QED) is 0.721. The van der Waals surface area contributed by atoms with Crippen molar-refractivity contribution in [2.45, 2.75) is 32.2 Å². The lowest BCUT2D eigenvalue weighted by Gasteiger charge is -2.34. The molecule has 156 valence electrons. The topological polar surface area (TPSA) is 74.2 Å². The molecule has 0 unspecified atom stereocenters. The molecule has 2 aromatic heterocycles. The molecule has 1 fully saturated rings. The molecule has 1 aliphatic heterocycles. The molecule has 5 rings (SSSR count). The molecule has 7 heteroatoms. The van der Waals surface area contributed by atoms with Gasteiger partial charge in [-0.1, -0.05) is 6.07 Å². The van der Waals surface area contributed by atoms with Crippen LogP contribution in [-0.4, -0.2) is 63.2 Å². The van der Waals surface area contributed by atoms with Gasteiger partial charge in [0.2, 0.25) is 0 Å². The van der Waals surface area contributed by atoms with Crippen LogP contribution in [0.4, 0.5) is 0 Å². The zero-order chi connectivity index (χ0) is 20.5. The smallest absolute Gasteiger partial charge is 0.267 e. The predicted octanol–water partition coefficient (Wildman–Crippen LogP) is 2.06. The zero-order valence-corrected chi connectivity index (χ0v) is 17.1. The van der Waals surface area contributed by atoms with Gasteiger partial charge >= 0.3 is 0 Å². The van der Waals surface area contributed by atoms with Crippen LogP contribution in [0.25, 0.3) is 10.9 Å². The van der Waals surface area contributed by atoms with Gasteiger partial charge in [-0.05, 0) is 49.4 Å². The summed E-state index contributed by atoms with van der Waals surface area (Å²) in [6.07, 6.45) is 6.13. The molecule has 2 aliphatic rings. The van der Waals surface area contributed by atoms with Gasteiger partial charge in [-0.2, -0.15) is 5.10 Å². The Morgan fingerprint density at radius 1 is 1.03 bits per heavy atom. The maximum atomic E-state index is 13.0. The number of hydrogen-bond donors (Lipinski definition) is 1. The standard InChI is InChI=1S/C23H27N5O2/c29-22-16-17-4-1-2-6-20(17)25-28(22)15-12-26-10-13-27(14-11-26)23(30)19-5-3-7-21-18(19)8-9-24-21/h3,5,7-9,16,24H,1-2,4,6,10-15H2. The maximum absolute atomic E-state index is 13.0. The highest BCUT2D eigenvalue weighted by Crippen LogP contribution is 2.20. The number of amides is 1. The molecule has 3 heterocycles. The summed E-state index contributed by atoms with van der Waals surface area (Å²) in [6.45, 7) is 4.41. The van der Waals surface area contributed by atoms with Crippen molar-refractivity contribution < 1.29 is 4.79 Å². The number of aryl methyl sites for hydroxylation is 2. The van der Waals surface area contributed by atoms with Crippen molar-refractivity contribution in [3.8, 4) is 0 Å². The van der Waals surface area contributed by atoms with Gasteiger partial charge in [0.05, 0.1) is 12.2 Å². The molecular formula is C23H27N5O2. The molecule has 7 nitrogen and oxygen atoms in total. The first-order valence-corrected chi connectivity index (χ1v) is 10.9. The Labute approximate surface area is 175 Å². The molecule has 0 atom stereocenters. The summed E-state index contributed by atoms with van der Waals surface area (Å²) in [6, 6.07) is 9.55. The first-order chi connectivity index (χ1) is 14.7. The van der Waals surface area contributed by atoms with Gasteiger partial charge < -0.3 is 9.88 Å². The highest BCUT2D eigenvalue weighted by atomic mass is 16.2. The van der Waals surface area contributed by atoms with Crippen LogP contribution >= 0.6 is 0 Å². The molecular weight excluding hydrogens is 378 g/mol. The average Bonchev–Trinajstić information content (AvgIpc) is 3.26. The minimum Gasteiger partial charge on any atom is -0.361 e. The van der Waals surface area contributed by atoms with E-state index in [1.54, 1.807) is 10.7 Å². The maximum Gasteiger partial charge on any atom is 0.267 e. The normalized spacial score (nSPS) is 17.3. The van der Waals surface area contributed by atoms with E-state index >= 15 is 0 Å². The van der Waals surface area contributed by atoms with Crippen LogP contribution in [0.1, 0.15) is 34.5 Å². The second-order valence-corrected chi connectivity index (χ2v) is 8.26. The molecule has 1 aromatic carbocycles. The average molecular weight is 406 g/mol. The third-order valence-corrected chi connectivity index (χ3v) is 6.39. The number of nitrogens with zero attached hydrogens (tertiary/aromatic N) is 4. The molecule has 1 amide bonds. The van der Waals surface area contributed by atoms with Gasteiger partial charge in [0, 0.05) is 61.5 Å². The summed E-state index contributed by atoms with van der Waals surface area (Å²) in [7, 11) is 0. The Morgan fingerprint density at radius 2 is 1.87 bits per heavy atom. The van der Waals surface area contributed by atoms with Gasteiger partial charge in [-0.3, -0.25) is 14.5 Å². The number of rotatable bonds is 4. The number of carbonyl (C=O) groups excluding carboxylic acids is 1. The Balaban J connectivity index is 1.19. The molecule has 3 aromatic rings. The van der Waals surface area contributed by atoms with E-state index in [4.69, 9.17) is 0 Å². The second-order valence-electron chi connectivity index (χ2n) is 8.26. The minimum atomic E-state index is 0.00376. The van der Waals surface area contributed by atoms with Gasteiger partial charge in [0.1, 0.15) is 0 Å². The lowest BCUT2D eigenvalue weighted by molar-refractivity contribution is 0.0633. The highest BCUT2D eigenvalue weighted by molar-refractivity contribution is 6.06. The number of fused-ring (bicyclic) bond motifs is 2. The summed E-state index contributed by atoms with van der Waals surface area (Å²) < 4.78 is 1.62. The van der Waals surface area contributed by atoms with Crippen LogP contribution < -0.4 is 5.56 Å². The molecule has 0 saturated carbocycles. The predicted molar refractivity (Wildman–Crippen MR) is 116 cm³/mol. The van der Waals surface area contributed by atoms with Crippen LogP contribution in [-0.2, 0) is 19.4 Å². The molecule has 0 bridgehead atoms. The molecule has 0 spiro atoms. The van der Waals surface area contributed by atoms with Crippen LogP contribution in [0.15, 0.2) is 41.3 Å². The third-order valence-electron chi connectivity index (χ3n) is 6.39. The highest BCUT2D eigenvalue weighted by Gasteiger charge is 2.23. The Morgan fingerprint density at radius 3 is 2.73 bits per heavy atom. The first kappa shape index (κ1) is 19.1. The number of piperazine rings is 1. The van der Waals surface area contributed by atoms with Crippen LogP contribution in [0, 0.1) is 0 Å². The van der Waals surface area contributed by atoms with Crippen molar-refractivity contribution in [1.29, 1.82) is 0 Å². The zero-order valence-electron chi connectivity index (χ0n) is 17.1. The van der Waals surface area contributed by atoms with Gasteiger partial charge in [0.25, 0.3) is 11.5 Å². The van der Waals surface area contributed by atoms with Crippen molar-refractivity contribution in [1.82, 2.24) is 24.6 Å². The fraction of sp³-hybridized carbons (Fsp3) is 0.435. The van der Waals surface area contributed by atoms with Crippen molar-refractivity contribution in [3.05, 3.63) is 63.7 Å². The summed E-state index contributed by atoms with van der Waals surface area (Å²) in [5.41, 5.74) is 3.97. The van der Waals surface area contributed by atoms with Crippen LogP contribution in [0.3, 0.4) is 0 Å². The summed E-state index contributed by atoms with van der Waals surface area (Å²) in [5.74, 6) is 0.0902. The van der Waals surface area contributed by atoms with Gasteiger partial charge in [-0.25, -0.2) is 4.68 Å². The number of hydrogen-bond acceptors (Lipinski definition) is 4. The number of carbonyl (C=O) groups is 1. The third kappa shape index (κ3) is 3.65. The van der Waals surface area contributed by atoms with Gasteiger partial charge in [-0.15, -0.1) is 0 Å². The van der Waals surface area contributed by atoms with E-state index in [2.05, 4.69) is 15.0 Å². The minimum absolute atomic E-state index is 0.00376. The van der Waals surface area contributed by atoms with E-state index in [-0.39, 0.29) is 11.5 Å². The van der Waals surface area contributed by atoms with E-state index in [1.165, 1.54) is 0 Å². The lowest BCUT2D eigenvalue weighted by atomic mass is 9.97. The SMILES string of the molecule is O=C(c1cccc2[nH]ccc12)N1CCN(CCn2nc3c(cc2=O)CCCC3)CC1. The van der Waals surface area contributed by atoms with E-state index < -0.39 is 0 Å². The monoisotopic (exact) mass is 405 g/mol. The van der Waals surface area contributed by atoms with Crippen molar-refractivity contribution in [2.24, 2.45) is 0 Å². The van der Waals surface area contributed by atoms with Crippen molar-refractivity contribution >= 4 is 16.8 Å².